The SMILES string of the molecule is COc1ccc(C(=O)C(C)Sc2nnc(Cc3cccs3)n2-c2ccccc2)cc1OC. The van der Waals surface area contributed by atoms with Gasteiger partial charge >= 0.3 is 0 Å². The van der Waals surface area contributed by atoms with E-state index in [0.717, 1.165) is 11.5 Å². The lowest BCUT2D eigenvalue weighted by atomic mass is 10.1. The van der Waals surface area contributed by atoms with E-state index < -0.39 is 0 Å². The molecule has 0 N–H and O–H groups in total. The number of carbonyl (C=O) groups is 1. The first-order valence-electron chi connectivity index (χ1n) is 10.1. The number of thioether (sulfide) groups is 1. The van der Waals surface area contributed by atoms with Gasteiger partial charge in [-0.05, 0) is 48.7 Å². The Labute approximate surface area is 195 Å². The van der Waals surface area contributed by atoms with Gasteiger partial charge in [0, 0.05) is 22.5 Å². The van der Waals surface area contributed by atoms with Gasteiger partial charge in [0.05, 0.1) is 19.5 Å². The normalized spacial score (nSPS) is 11.8. The molecule has 2 aromatic carbocycles. The van der Waals surface area contributed by atoms with Crippen LogP contribution in [0.3, 0.4) is 0 Å². The van der Waals surface area contributed by atoms with Gasteiger partial charge in [0.25, 0.3) is 0 Å². The zero-order chi connectivity index (χ0) is 22.5. The van der Waals surface area contributed by atoms with E-state index in [-0.39, 0.29) is 11.0 Å². The van der Waals surface area contributed by atoms with Gasteiger partial charge in [-0.25, -0.2) is 0 Å². The molecule has 1 atom stereocenters. The van der Waals surface area contributed by atoms with Gasteiger partial charge in [-0.1, -0.05) is 36.0 Å². The van der Waals surface area contributed by atoms with Crippen LogP contribution in [0.5, 0.6) is 11.5 Å². The predicted molar refractivity (Wildman–Crippen MR) is 128 cm³/mol. The van der Waals surface area contributed by atoms with Gasteiger partial charge in [-0.15, -0.1) is 21.5 Å². The van der Waals surface area contributed by atoms with Crippen molar-refractivity contribution in [1.82, 2.24) is 14.8 Å². The minimum Gasteiger partial charge on any atom is -0.493 e. The summed E-state index contributed by atoms with van der Waals surface area (Å²) in [6, 6.07) is 19.3. The topological polar surface area (TPSA) is 66.2 Å². The van der Waals surface area contributed by atoms with Crippen molar-refractivity contribution in [3.05, 3.63) is 82.3 Å². The fraction of sp³-hybridized carbons (Fsp3) is 0.208. The maximum absolute atomic E-state index is 13.2. The number of ether oxygens (including phenoxy) is 2. The first-order chi connectivity index (χ1) is 15.6. The second kappa shape index (κ2) is 10.0. The Bertz CT molecular complexity index is 1190. The minimum atomic E-state index is -0.366. The van der Waals surface area contributed by atoms with Crippen LogP contribution in [0.2, 0.25) is 0 Å². The quantitative estimate of drug-likeness (QED) is 0.247. The fourth-order valence-electron chi connectivity index (χ4n) is 3.33. The monoisotopic (exact) mass is 465 g/mol. The third kappa shape index (κ3) is 4.71. The van der Waals surface area contributed by atoms with E-state index in [2.05, 4.69) is 21.6 Å². The highest BCUT2D eigenvalue weighted by atomic mass is 32.2. The second-order valence-corrected chi connectivity index (χ2v) is 9.36. The van der Waals surface area contributed by atoms with Gasteiger partial charge in [0.2, 0.25) is 0 Å². The number of nitrogens with zero attached hydrogens (tertiary/aromatic N) is 3. The summed E-state index contributed by atoms with van der Waals surface area (Å²) in [5.41, 5.74) is 1.53. The van der Waals surface area contributed by atoms with Crippen molar-refractivity contribution in [3.8, 4) is 17.2 Å². The molecule has 164 valence electrons. The molecule has 0 aliphatic heterocycles. The number of carbonyl (C=O) groups excluding carboxylic acids is 1. The molecule has 0 aliphatic carbocycles. The number of para-hydroxylation sites is 1. The second-order valence-electron chi connectivity index (χ2n) is 7.02. The standard InChI is InChI=1S/C24H23N3O3S2/c1-16(23(28)17-11-12-20(29-2)21(14-17)30-3)32-24-26-25-22(15-19-10-7-13-31-19)27(24)18-8-5-4-6-9-18/h4-14,16H,15H2,1-3H3. The lowest BCUT2D eigenvalue weighted by molar-refractivity contribution is 0.0993. The number of hydrogen-bond acceptors (Lipinski definition) is 7. The number of Topliss-reactive ketones (excluding diaryl/α,β-unsaturated/α-hetero) is 1. The smallest absolute Gasteiger partial charge is 0.196 e. The van der Waals surface area contributed by atoms with E-state index in [4.69, 9.17) is 9.47 Å². The summed E-state index contributed by atoms with van der Waals surface area (Å²) in [7, 11) is 3.13. The molecule has 0 bridgehead atoms. The van der Waals surface area contributed by atoms with Crippen LogP contribution in [0.4, 0.5) is 0 Å². The number of aromatic nitrogens is 3. The maximum Gasteiger partial charge on any atom is 0.196 e. The Morgan fingerprint density at radius 3 is 2.50 bits per heavy atom. The Morgan fingerprint density at radius 1 is 1.03 bits per heavy atom. The van der Waals surface area contributed by atoms with E-state index in [1.165, 1.54) is 16.6 Å². The molecular formula is C24H23N3O3S2. The molecule has 0 aliphatic rings. The summed E-state index contributed by atoms with van der Waals surface area (Å²) in [5.74, 6) is 1.94. The van der Waals surface area contributed by atoms with Crippen LogP contribution in [0.1, 0.15) is 28.0 Å². The summed E-state index contributed by atoms with van der Waals surface area (Å²) in [6.45, 7) is 1.88. The molecular weight excluding hydrogens is 442 g/mol. The van der Waals surface area contributed by atoms with Crippen LogP contribution in [0.15, 0.2) is 71.2 Å². The van der Waals surface area contributed by atoms with Gasteiger partial charge in [-0.2, -0.15) is 0 Å². The van der Waals surface area contributed by atoms with Crippen molar-refractivity contribution in [3.63, 3.8) is 0 Å². The van der Waals surface area contributed by atoms with Crippen LogP contribution in [-0.4, -0.2) is 40.0 Å². The summed E-state index contributed by atoms with van der Waals surface area (Å²) in [5, 5.41) is 11.3. The average molecular weight is 466 g/mol. The summed E-state index contributed by atoms with van der Waals surface area (Å²) >= 11 is 3.09. The number of methoxy groups -OCH3 is 2. The van der Waals surface area contributed by atoms with Crippen molar-refractivity contribution in [2.24, 2.45) is 0 Å². The first-order valence-corrected chi connectivity index (χ1v) is 11.8. The molecule has 0 spiro atoms. The van der Waals surface area contributed by atoms with Gasteiger partial charge < -0.3 is 9.47 Å². The molecule has 4 aromatic rings. The third-order valence-electron chi connectivity index (χ3n) is 4.95. The average Bonchev–Trinajstić information content (AvgIpc) is 3.49. The van der Waals surface area contributed by atoms with E-state index in [0.29, 0.717) is 28.6 Å². The van der Waals surface area contributed by atoms with Crippen LogP contribution < -0.4 is 9.47 Å². The molecule has 0 saturated carbocycles. The van der Waals surface area contributed by atoms with Crippen molar-refractivity contribution in [2.75, 3.05) is 14.2 Å². The lowest BCUT2D eigenvalue weighted by Crippen LogP contribution is -2.15. The summed E-state index contributed by atoms with van der Waals surface area (Å²) in [6.07, 6.45) is 0.679. The van der Waals surface area contributed by atoms with Gasteiger partial charge in [-0.3, -0.25) is 9.36 Å². The van der Waals surface area contributed by atoms with E-state index in [1.807, 2.05) is 47.9 Å². The van der Waals surface area contributed by atoms with Crippen molar-refractivity contribution >= 4 is 28.9 Å². The zero-order valence-electron chi connectivity index (χ0n) is 18.0. The molecule has 4 rings (SSSR count). The zero-order valence-corrected chi connectivity index (χ0v) is 19.7. The van der Waals surface area contributed by atoms with Crippen LogP contribution in [-0.2, 0) is 6.42 Å². The lowest BCUT2D eigenvalue weighted by Gasteiger charge is -2.14. The Hall–Kier alpha value is -3.10. The van der Waals surface area contributed by atoms with Crippen LogP contribution in [0.25, 0.3) is 5.69 Å². The first kappa shape index (κ1) is 22.1. The molecule has 8 heteroatoms. The molecule has 0 amide bonds. The van der Waals surface area contributed by atoms with Crippen molar-refractivity contribution < 1.29 is 14.3 Å². The predicted octanol–water partition coefficient (Wildman–Crippen LogP) is 5.30. The minimum absolute atomic E-state index is 0.0154. The number of benzene rings is 2. The largest absolute Gasteiger partial charge is 0.493 e. The molecule has 0 saturated heterocycles. The van der Waals surface area contributed by atoms with Crippen LogP contribution in [0, 0.1) is 0 Å². The molecule has 0 fully saturated rings. The van der Waals surface area contributed by atoms with E-state index in [9.17, 15) is 4.79 Å². The molecule has 2 aromatic heterocycles. The van der Waals surface area contributed by atoms with Crippen LogP contribution >= 0.6 is 23.1 Å². The number of rotatable bonds is 9. The van der Waals surface area contributed by atoms with Gasteiger partial charge in [0.1, 0.15) is 5.82 Å². The number of hydrogen-bond donors (Lipinski definition) is 0. The summed E-state index contributed by atoms with van der Waals surface area (Å²) < 4.78 is 12.7. The Balaban J connectivity index is 1.62. The highest BCUT2D eigenvalue weighted by molar-refractivity contribution is 8.00. The molecule has 2 heterocycles. The summed E-state index contributed by atoms with van der Waals surface area (Å²) in [4.78, 5) is 14.4. The maximum atomic E-state index is 13.2. The molecule has 32 heavy (non-hydrogen) atoms. The molecule has 6 nitrogen and oxygen atoms in total. The fourth-order valence-corrected chi connectivity index (χ4v) is 5.00. The van der Waals surface area contributed by atoms with E-state index >= 15 is 0 Å². The van der Waals surface area contributed by atoms with Crippen molar-refractivity contribution in [1.29, 1.82) is 0 Å². The van der Waals surface area contributed by atoms with E-state index in [1.54, 1.807) is 43.8 Å². The molecule has 1 unspecified atom stereocenters. The van der Waals surface area contributed by atoms with Gasteiger partial charge in [0.15, 0.2) is 22.4 Å². The van der Waals surface area contributed by atoms with Crippen molar-refractivity contribution in [2.45, 2.75) is 23.8 Å². The number of ketones is 1. The Kier molecular flexibility index (Phi) is 6.92. The highest BCUT2D eigenvalue weighted by Gasteiger charge is 2.23. The highest BCUT2D eigenvalue weighted by Crippen LogP contribution is 2.32. The third-order valence-corrected chi connectivity index (χ3v) is 6.87. The molecule has 0 radical (unpaired) electrons. The Morgan fingerprint density at radius 2 is 1.81 bits per heavy atom. The number of thiophene rings is 1.